The van der Waals surface area contributed by atoms with E-state index in [1.54, 1.807) is 31.2 Å². The molecule has 0 aliphatic heterocycles. The van der Waals surface area contributed by atoms with Gasteiger partial charge >= 0.3 is 17.3 Å². The SMILES string of the molecule is C/N=C/c1ccc(/N=c2\[nH]c(=O)n(C[C@H](C)C(=O)OC)c(=O)n2Cc2ccc(Cl)cc2)cc1F. The minimum absolute atomic E-state index is 0.0429. The van der Waals surface area contributed by atoms with Gasteiger partial charge in [-0.1, -0.05) is 30.7 Å². The molecule has 34 heavy (non-hydrogen) atoms. The zero-order chi connectivity index (χ0) is 24.8. The Morgan fingerprint density at radius 2 is 1.91 bits per heavy atom. The lowest BCUT2D eigenvalue weighted by Crippen LogP contribution is -2.51. The normalized spacial score (nSPS) is 12.8. The molecule has 0 saturated carbocycles. The third kappa shape index (κ3) is 5.76. The van der Waals surface area contributed by atoms with Crippen LogP contribution in [0.5, 0.6) is 0 Å². The van der Waals surface area contributed by atoms with Gasteiger partial charge < -0.3 is 4.74 Å². The van der Waals surface area contributed by atoms with Crippen LogP contribution in [0.1, 0.15) is 18.1 Å². The molecule has 0 saturated heterocycles. The van der Waals surface area contributed by atoms with Gasteiger partial charge in [-0.2, -0.15) is 0 Å². The van der Waals surface area contributed by atoms with Crippen molar-refractivity contribution in [1.82, 2.24) is 14.1 Å². The van der Waals surface area contributed by atoms with E-state index in [1.807, 2.05) is 0 Å². The maximum atomic E-state index is 14.3. The predicted molar refractivity (Wildman–Crippen MR) is 126 cm³/mol. The highest BCUT2D eigenvalue weighted by molar-refractivity contribution is 6.30. The molecule has 0 bridgehead atoms. The smallest absolute Gasteiger partial charge is 0.335 e. The summed E-state index contributed by atoms with van der Waals surface area (Å²) < 4.78 is 21.2. The van der Waals surface area contributed by atoms with Crippen LogP contribution >= 0.6 is 11.6 Å². The number of aromatic amines is 1. The van der Waals surface area contributed by atoms with E-state index >= 15 is 0 Å². The molecule has 11 heteroatoms. The molecule has 0 aliphatic rings. The Kier molecular flexibility index (Phi) is 7.95. The molecular formula is C23H23ClFN5O4. The zero-order valence-corrected chi connectivity index (χ0v) is 19.5. The lowest BCUT2D eigenvalue weighted by molar-refractivity contribution is -0.145. The second-order valence-corrected chi connectivity index (χ2v) is 7.93. The highest BCUT2D eigenvalue weighted by atomic mass is 35.5. The van der Waals surface area contributed by atoms with E-state index < -0.39 is 29.1 Å². The van der Waals surface area contributed by atoms with Crippen LogP contribution < -0.4 is 17.0 Å². The number of methoxy groups -OCH3 is 1. The number of ether oxygens (including phenoxy) is 1. The number of esters is 1. The van der Waals surface area contributed by atoms with E-state index in [9.17, 15) is 18.8 Å². The lowest BCUT2D eigenvalue weighted by Gasteiger charge is -2.14. The number of rotatable bonds is 7. The van der Waals surface area contributed by atoms with Crippen molar-refractivity contribution in [3.63, 3.8) is 0 Å². The van der Waals surface area contributed by atoms with Crippen LogP contribution in [0.3, 0.4) is 0 Å². The summed E-state index contributed by atoms with van der Waals surface area (Å²) in [5, 5.41) is 0.524. The zero-order valence-electron chi connectivity index (χ0n) is 18.8. The summed E-state index contributed by atoms with van der Waals surface area (Å²) >= 11 is 5.95. The first-order chi connectivity index (χ1) is 16.2. The number of aromatic nitrogens is 3. The van der Waals surface area contributed by atoms with Crippen LogP contribution in [0.25, 0.3) is 0 Å². The number of nitrogens with zero attached hydrogens (tertiary/aromatic N) is 4. The molecule has 1 N–H and O–H groups in total. The number of benzene rings is 2. The molecule has 3 aromatic rings. The van der Waals surface area contributed by atoms with Crippen molar-refractivity contribution in [3.05, 3.63) is 91.0 Å². The number of carbonyl (C=O) groups is 1. The fourth-order valence-electron chi connectivity index (χ4n) is 3.22. The Balaban J connectivity index is 2.18. The maximum absolute atomic E-state index is 14.3. The van der Waals surface area contributed by atoms with Crippen LogP contribution in [0.15, 0.2) is 62.0 Å². The van der Waals surface area contributed by atoms with Crippen molar-refractivity contribution in [2.75, 3.05) is 14.2 Å². The summed E-state index contributed by atoms with van der Waals surface area (Å²) in [6, 6.07) is 11.0. The van der Waals surface area contributed by atoms with Crippen molar-refractivity contribution in [2.24, 2.45) is 15.9 Å². The largest absolute Gasteiger partial charge is 0.469 e. The molecule has 0 spiro atoms. The van der Waals surface area contributed by atoms with E-state index in [-0.39, 0.29) is 30.0 Å². The van der Waals surface area contributed by atoms with Gasteiger partial charge in [0.1, 0.15) is 5.82 Å². The molecule has 1 aromatic heterocycles. The number of halogens is 2. The molecule has 1 heterocycles. The average molecular weight is 488 g/mol. The van der Waals surface area contributed by atoms with Crippen molar-refractivity contribution in [2.45, 2.75) is 20.0 Å². The molecule has 0 radical (unpaired) electrons. The lowest BCUT2D eigenvalue weighted by atomic mass is 10.2. The number of aliphatic imine (C=N–C) groups is 1. The van der Waals surface area contributed by atoms with Gasteiger partial charge in [-0.05, 0) is 29.8 Å². The Morgan fingerprint density at radius 1 is 1.21 bits per heavy atom. The second-order valence-electron chi connectivity index (χ2n) is 7.49. The molecule has 0 aliphatic carbocycles. The van der Waals surface area contributed by atoms with E-state index in [2.05, 4.69) is 15.0 Å². The predicted octanol–water partition coefficient (Wildman–Crippen LogP) is 2.27. The summed E-state index contributed by atoms with van der Waals surface area (Å²) in [5.74, 6) is -1.85. The number of carbonyl (C=O) groups excluding carboxylic acids is 1. The van der Waals surface area contributed by atoms with Crippen molar-refractivity contribution >= 4 is 29.5 Å². The van der Waals surface area contributed by atoms with Gasteiger partial charge in [0.2, 0.25) is 5.62 Å². The molecular weight excluding hydrogens is 465 g/mol. The quantitative estimate of drug-likeness (QED) is 0.407. The first kappa shape index (κ1) is 24.8. The Bertz CT molecular complexity index is 1410. The summed E-state index contributed by atoms with van der Waals surface area (Å²) in [6.07, 6.45) is 1.37. The first-order valence-electron chi connectivity index (χ1n) is 10.3. The van der Waals surface area contributed by atoms with Crippen LogP contribution in [-0.4, -0.2) is 40.5 Å². The van der Waals surface area contributed by atoms with E-state index in [1.165, 1.54) is 43.1 Å². The summed E-state index contributed by atoms with van der Waals surface area (Å²) in [4.78, 5) is 48.5. The molecule has 9 nitrogen and oxygen atoms in total. The Hall–Kier alpha value is -3.79. The minimum atomic E-state index is -0.762. The van der Waals surface area contributed by atoms with E-state index in [0.29, 0.717) is 10.6 Å². The van der Waals surface area contributed by atoms with Gasteiger partial charge in [-0.3, -0.25) is 19.3 Å². The molecule has 0 unspecified atom stereocenters. The highest BCUT2D eigenvalue weighted by Gasteiger charge is 2.18. The Labute approximate surface area is 198 Å². The number of hydrogen-bond donors (Lipinski definition) is 1. The monoisotopic (exact) mass is 487 g/mol. The number of H-pyrrole nitrogens is 1. The fourth-order valence-corrected chi connectivity index (χ4v) is 3.35. The average Bonchev–Trinajstić information content (AvgIpc) is 2.81. The third-order valence-electron chi connectivity index (χ3n) is 4.98. The Morgan fingerprint density at radius 3 is 2.53 bits per heavy atom. The summed E-state index contributed by atoms with van der Waals surface area (Å²) in [7, 11) is 2.75. The van der Waals surface area contributed by atoms with Gasteiger partial charge in [0.25, 0.3) is 0 Å². The van der Waals surface area contributed by atoms with Crippen molar-refractivity contribution in [3.8, 4) is 0 Å². The van der Waals surface area contributed by atoms with Gasteiger partial charge in [0, 0.05) is 36.5 Å². The van der Waals surface area contributed by atoms with Gasteiger partial charge in [0.15, 0.2) is 0 Å². The van der Waals surface area contributed by atoms with E-state index in [4.69, 9.17) is 16.3 Å². The minimum Gasteiger partial charge on any atom is -0.469 e. The summed E-state index contributed by atoms with van der Waals surface area (Å²) in [5.41, 5.74) is -0.362. The molecule has 0 fully saturated rings. The molecule has 2 aromatic carbocycles. The molecule has 1 atom stereocenters. The highest BCUT2D eigenvalue weighted by Crippen LogP contribution is 2.15. The van der Waals surface area contributed by atoms with E-state index in [0.717, 1.165) is 4.57 Å². The molecule has 0 amide bonds. The van der Waals surface area contributed by atoms with Crippen LogP contribution in [0.4, 0.5) is 10.1 Å². The van der Waals surface area contributed by atoms with Crippen molar-refractivity contribution in [1.29, 1.82) is 0 Å². The molecule has 3 rings (SSSR count). The van der Waals surface area contributed by atoms with Crippen LogP contribution in [-0.2, 0) is 22.6 Å². The standard InChI is InChI=1S/C23H23ClFN5O4/c1-14(20(31)34-3)12-30-22(32)28-21(27-18-9-6-16(11-26-2)19(25)10-18)29(23(30)33)13-15-4-7-17(24)8-5-15/h4-11,14H,12-13H2,1-3H3,(H,27,28,32)/b26-11+/t14-/m0/s1. The maximum Gasteiger partial charge on any atom is 0.335 e. The van der Waals surface area contributed by atoms with Gasteiger partial charge in [-0.25, -0.2) is 23.5 Å². The third-order valence-corrected chi connectivity index (χ3v) is 5.23. The number of hydrogen-bond acceptors (Lipinski definition) is 6. The van der Waals surface area contributed by atoms with Crippen LogP contribution in [0, 0.1) is 11.7 Å². The fraction of sp³-hybridized carbons (Fsp3) is 0.261. The summed E-state index contributed by atoms with van der Waals surface area (Å²) in [6.45, 7) is 1.40. The number of nitrogens with one attached hydrogen (secondary N) is 1. The van der Waals surface area contributed by atoms with Gasteiger partial charge in [0.05, 0.1) is 25.3 Å². The van der Waals surface area contributed by atoms with Gasteiger partial charge in [-0.15, -0.1) is 0 Å². The van der Waals surface area contributed by atoms with Crippen LogP contribution in [0.2, 0.25) is 5.02 Å². The molecule has 178 valence electrons. The van der Waals surface area contributed by atoms with Crippen molar-refractivity contribution < 1.29 is 13.9 Å². The second kappa shape index (κ2) is 10.9. The first-order valence-corrected chi connectivity index (χ1v) is 10.6. The topological polar surface area (TPSA) is 111 Å².